The minimum atomic E-state index is -1.66. The molecule has 1 aliphatic heterocycles. The molecule has 3 rings (SSSR count). The van der Waals surface area contributed by atoms with Gasteiger partial charge in [0.1, 0.15) is 11.9 Å². The van der Waals surface area contributed by atoms with Crippen LogP contribution in [0.2, 0.25) is 0 Å². The second kappa shape index (κ2) is 6.06. The highest BCUT2D eigenvalue weighted by molar-refractivity contribution is 5.59. The van der Waals surface area contributed by atoms with Gasteiger partial charge in [-0.05, 0) is 30.3 Å². The number of allylic oxidation sites excluding steroid dienone is 2. The Bertz CT molecular complexity index is 878. The number of halogens is 1. The average molecular weight is 333 g/mol. The van der Waals surface area contributed by atoms with Gasteiger partial charge < -0.3 is 10.6 Å². The number of benzene rings is 1. The Balaban J connectivity index is 2.32. The Labute approximate surface area is 145 Å². The molecule has 0 saturated carbocycles. The number of rotatable bonds is 1. The van der Waals surface area contributed by atoms with Gasteiger partial charge in [-0.15, -0.1) is 0 Å². The first kappa shape index (κ1) is 16.7. The summed E-state index contributed by atoms with van der Waals surface area (Å²) in [6.07, 6.45) is 1.93. The summed E-state index contributed by atoms with van der Waals surface area (Å²) < 4.78 is 13.4. The molecule has 6 heteroatoms. The number of likely N-dealkylation sites (N-methyl/N-ethyl adjacent to an activating group) is 1. The van der Waals surface area contributed by atoms with E-state index >= 15 is 0 Å². The Morgan fingerprint density at radius 1 is 1.20 bits per heavy atom. The summed E-state index contributed by atoms with van der Waals surface area (Å²) in [5, 5.41) is 29.3. The van der Waals surface area contributed by atoms with Gasteiger partial charge in [0.2, 0.25) is 0 Å². The van der Waals surface area contributed by atoms with E-state index in [0.29, 0.717) is 18.7 Å². The van der Waals surface area contributed by atoms with E-state index in [2.05, 4.69) is 23.1 Å². The molecule has 0 fully saturated rings. The molecule has 2 aliphatic rings. The predicted molar refractivity (Wildman–Crippen MR) is 88.7 cm³/mol. The van der Waals surface area contributed by atoms with Crippen LogP contribution < -0.4 is 5.73 Å². The van der Waals surface area contributed by atoms with Crippen LogP contribution in [0.15, 0.2) is 47.2 Å². The number of fused-ring (bicyclic) bond motifs is 1. The van der Waals surface area contributed by atoms with Crippen LogP contribution >= 0.6 is 0 Å². The summed E-state index contributed by atoms with van der Waals surface area (Å²) in [5.74, 6) is -1.21. The van der Waals surface area contributed by atoms with Gasteiger partial charge in [-0.1, -0.05) is 18.2 Å². The summed E-state index contributed by atoms with van der Waals surface area (Å²) in [6, 6.07) is 12.0. The Kier molecular flexibility index (Phi) is 4.05. The lowest BCUT2D eigenvalue weighted by Crippen LogP contribution is -2.47. The number of nitriles is 3. The largest absolute Gasteiger partial charge is 0.399 e. The van der Waals surface area contributed by atoms with Crippen LogP contribution in [0.5, 0.6) is 0 Å². The van der Waals surface area contributed by atoms with Crippen molar-refractivity contribution in [2.45, 2.75) is 5.92 Å². The van der Waals surface area contributed by atoms with Crippen molar-refractivity contribution in [3.63, 3.8) is 0 Å². The van der Waals surface area contributed by atoms with Crippen LogP contribution in [0, 0.1) is 51.1 Å². The quantitative estimate of drug-likeness (QED) is 0.849. The van der Waals surface area contributed by atoms with Crippen molar-refractivity contribution >= 4 is 0 Å². The Morgan fingerprint density at radius 2 is 1.84 bits per heavy atom. The minimum absolute atomic E-state index is 0.0126. The summed E-state index contributed by atoms with van der Waals surface area (Å²) in [4.78, 5) is 2.06. The van der Waals surface area contributed by atoms with Crippen LogP contribution in [0.4, 0.5) is 4.39 Å². The van der Waals surface area contributed by atoms with Gasteiger partial charge in [0.25, 0.3) is 0 Å². The highest BCUT2D eigenvalue weighted by Gasteiger charge is 2.54. The lowest BCUT2D eigenvalue weighted by Gasteiger charge is -2.45. The smallest absolute Gasteiger partial charge is 0.191 e. The van der Waals surface area contributed by atoms with Gasteiger partial charge in [0.15, 0.2) is 5.41 Å². The third-order valence-corrected chi connectivity index (χ3v) is 5.08. The van der Waals surface area contributed by atoms with E-state index in [1.54, 1.807) is 12.1 Å². The molecule has 0 radical (unpaired) electrons. The SMILES string of the molecule is CN1CC=C2C(C#N)=C(N)C(C#N)(C#N)[C@H](c3ccc(F)cc3)[C@H]2C1. The van der Waals surface area contributed by atoms with Gasteiger partial charge in [-0.3, -0.25) is 0 Å². The molecule has 124 valence electrons. The monoisotopic (exact) mass is 333 g/mol. The van der Waals surface area contributed by atoms with Crippen LogP contribution in [-0.2, 0) is 0 Å². The van der Waals surface area contributed by atoms with Crippen LogP contribution in [0.3, 0.4) is 0 Å². The van der Waals surface area contributed by atoms with Crippen molar-refractivity contribution in [2.75, 3.05) is 20.1 Å². The number of nitrogens with zero attached hydrogens (tertiary/aromatic N) is 4. The second-order valence-electron chi connectivity index (χ2n) is 6.45. The molecule has 5 nitrogen and oxygen atoms in total. The zero-order chi connectivity index (χ0) is 18.2. The third kappa shape index (κ3) is 2.38. The van der Waals surface area contributed by atoms with Crippen molar-refractivity contribution in [1.82, 2.24) is 4.90 Å². The molecule has 1 aromatic carbocycles. The molecule has 25 heavy (non-hydrogen) atoms. The van der Waals surface area contributed by atoms with Crippen LogP contribution in [-0.4, -0.2) is 25.0 Å². The minimum Gasteiger partial charge on any atom is -0.399 e. The molecule has 0 unspecified atom stereocenters. The van der Waals surface area contributed by atoms with E-state index in [4.69, 9.17) is 5.73 Å². The first-order valence-corrected chi connectivity index (χ1v) is 7.85. The molecule has 0 saturated heterocycles. The van der Waals surface area contributed by atoms with Gasteiger partial charge in [0, 0.05) is 24.9 Å². The molecule has 1 aliphatic carbocycles. The van der Waals surface area contributed by atoms with Gasteiger partial charge in [-0.25, -0.2) is 4.39 Å². The van der Waals surface area contributed by atoms with Crippen LogP contribution in [0.1, 0.15) is 11.5 Å². The number of hydrogen-bond acceptors (Lipinski definition) is 5. The summed E-state index contributed by atoms with van der Waals surface area (Å²) >= 11 is 0. The van der Waals surface area contributed by atoms with Gasteiger partial charge >= 0.3 is 0 Å². The normalized spacial score (nSPS) is 25.2. The summed E-state index contributed by atoms with van der Waals surface area (Å²) in [7, 11) is 1.93. The maximum atomic E-state index is 13.4. The van der Waals surface area contributed by atoms with Crippen molar-refractivity contribution in [2.24, 2.45) is 17.1 Å². The molecule has 0 spiro atoms. The highest BCUT2D eigenvalue weighted by atomic mass is 19.1. The van der Waals surface area contributed by atoms with E-state index in [1.165, 1.54) is 12.1 Å². The molecular formula is C19H16FN5. The van der Waals surface area contributed by atoms with Crippen molar-refractivity contribution in [3.05, 3.63) is 58.6 Å². The summed E-state index contributed by atoms with van der Waals surface area (Å²) in [6.45, 7) is 1.24. The lowest BCUT2D eigenvalue weighted by molar-refractivity contribution is 0.237. The van der Waals surface area contributed by atoms with E-state index in [-0.39, 0.29) is 17.2 Å². The molecular weight excluding hydrogens is 317 g/mol. The van der Waals surface area contributed by atoms with Crippen LogP contribution in [0.25, 0.3) is 0 Å². The molecule has 0 aromatic heterocycles. The zero-order valence-corrected chi connectivity index (χ0v) is 13.7. The van der Waals surface area contributed by atoms with E-state index in [9.17, 15) is 20.2 Å². The predicted octanol–water partition coefficient (Wildman–Crippen LogP) is 2.18. The highest BCUT2D eigenvalue weighted by Crippen LogP contribution is 2.53. The fraction of sp³-hybridized carbons (Fsp3) is 0.316. The van der Waals surface area contributed by atoms with Crippen molar-refractivity contribution in [1.29, 1.82) is 15.8 Å². The molecule has 0 bridgehead atoms. The number of hydrogen-bond donors (Lipinski definition) is 1. The fourth-order valence-corrected chi connectivity index (χ4v) is 3.87. The molecule has 2 N–H and O–H groups in total. The lowest BCUT2D eigenvalue weighted by atomic mass is 9.58. The van der Waals surface area contributed by atoms with E-state index in [1.807, 2.05) is 13.1 Å². The second-order valence-corrected chi connectivity index (χ2v) is 6.45. The summed E-state index contributed by atoms with van der Waals surface area (Å²) in [5.41, 5.74) is 6.15. The first-order valence-electron chi connectivity index (χ1n) is 7.85. The average Bonchev–Trinajstić information content (AvgIpc) is 2.62. The zero-order valence-electron chi connectivity index (χ0n) is 13.7. The molecule has 1 heterocycles. The first-order chi connectivity index (χ1) is 12.0. The molecule has 2 atom stereocenters. The Morgan fingerprint density at radius 3 is 2.40 bits per heavy atom. The standard InChI is InChI=1S/C19H16FN5/c1-25-7-6-14-15(8-21)18(24)19(10-22,11-23)17(16(14)9-25)12-2-4-13(20)5-3-12/h2-6,16-17H,7,9,24H2,1H3/t16-,17+/m0/s1. The molecule has 1 aromatic rings. The van der Waals surface area contributed by atoms with Crippen molar-refractivity contribution < 1.29 is 4.39 Å². The fourth-order valence-electron chi connectivity index (χ4n) is 3.87. The van der Waals surface area contributed by atoms with Crippen molar-refractivity contribution in [3.8, 4) is 18.2 Å². The maximum absolute atomic E-state index is 13.4. The van der Waals surface area contributed by atoms with Gasteiger partial charge in [-0.2, -0.15) is 15.8 Å². The van der Waals surface area contributed by atoms with E-state index in [0.717, 1.165) is 5.57 Å². The topological polar surface area (TPSA) is 101 Å². The Hall–Kier alpha value is -3.14. The van der Waals surface area contributed by atoms with E-state index < -0.39 is 17.2 Å². The number of nitrogens with two attached hydrogens (primary N) is 1. The van der Waals surface area contributed by atoms with Gasteiger partial charge in [0.05, 0.1) is 23.4 Å². The molecule has 0 amide bonds. The third-order valence-electron chi connectivity index (χ3n) is 5.08. The maximum Gasteiger partial charge on any atom is 0.191 e.